The molecule has 1 aromatic carbocycles. The molecule has 0 saturated carbocycles. The highest BCUT2D eigenvalue weighted by Gasteiger charge is 2.22. The lowest BCUT2D eigenvalue weighted by atomic mass is 10.1. The quantitative estimate of drug-likeness (QED) is 0.605. The summed E-state index contributed by atoms with van der Waals surface area (Å²) in [6.45, 7) is 6.66. The molecule has 9 heteroatoms. The maximum Gasteiger partial charge on any atom is 0.227 e. The second kappa shape index (κ2) is 8.96. The zero-order valence-corrected chi connectivity index (χ0v) is 16.0. The number of rotatable bonds is 5. The smallest absolute Gasteiger partial charge is 0.227 e. The van der Waals surface area contributed by atoms with E-state index in [-0.39, 0.29) is 5.91 Å². The summed E-state index contributed by atoms with van der Waals surface area (Å²) < 4.78 is 15.5. The summed E-state index contributed by atoms with van der Waals surface area (Å²) in [6, 6.07) is 4.82. The van der Waals surface area contributed by atoms with Crippen LogP contribution in [0.2, 0.25) is 5.02 Å². The van der Waals surface area contributed by atoms with Crippen LogP contribution in [0, 0.1) is 5.92 Å². The van der Waals surface area contributed by atoms with Gasteiger partial charge >= 0.3 is 0 Å². The summed E-state index contributed by atoms with van der Waals surface area (Å²) >= 11 is 6.14. The van der Waals surface area contributed by atoms with E-state index in [1.807, 2.05) is 13.1 Å². The van der Waals surface area contributed by atoms with E-state index in [4.69, 9.17) is 11.6 Å². The Labute approximate surface area is 155 Å². The van der Waals surface area contributed by atoms with Crippen molar-refractivity contribution >= 4 is 46.4 Å². The number of aliphatic imine (C=N–C) groups is 1. The van der Waals surface area contributed by atoms with Crippen molar-refractivity contribution in [1.29, 1.82) is 0 Å². The average Bonchev–Trinajstić information content (AvgIpc) is 3.05. The van der Waals surface area contributed by atoms with Gasteiger partial charge in [-0.3, -0.25) is 14.5 Å². The number of amides is 1. The normalized spacial score (nSPS) is 18.3. The van der Waals surface area contributed by atoms with Crippen molar-refractivity contribution in [2.45, 2.75) is 32.1 Å². The Kier molecular flexibility index (Phi) is 6.95. The molecule has 0 aromatic heterocycles. The van der Waals surface area contributed by atoms with Crippen LogP contribution >= 0.6 is 11.6 Å². The molecular formula is C16H22ClN5O2S. The molecule has 136 valence electrons. The maximum atomic E-state index is 12.6. The summed E-state index contributed by atoms with van der Waals surface area (Å²) in [4.78, 5) is 16.0. The van der Waals surface area contributed by atoms with Crippen LogP contribution in [0.25, 0.3) is 0 Å². The van der Waals surface area contributed by atoms with Gasteiger partial charge in [-0.15, -0.1) is 0 Å². The molecule has 1 aliphatic heterocycles. The van der Waals surface area contributed by atoms with Gasteiger partial charge in [-0.25, -0.2) is 9.22 Å². The number of nitrogens with zero attached hydrogens (tertiary/aromatic N) is 3. The van der Waals surface area contributed by atoms with Crippen molar-refractivity contribution < 1.29 is 9.00 Å². The number of hydrazone groups is 1. The minimum atomic E-state index is -1.55. The van der Waals surface area contributed by atoms with Crippen LogP contribution < -0.4 is 10.0 Å². The van der Waals surface area contributed by atoms with Crippen LogP contribution in [-0.4, -0.2) is 40.4 Å². The highest BCUT2D eigenvalue weighted by Crippen LogP contribution is 2.24. The first-order chi connectivity index (χ1) is 11.9. The third-order valence-corrected chi connectivity index (χ3v) is 4.91. The van der Waals surface area contributed by atoms with E-state index < -0.39 is 11.0 Å². The van der Waals surface area contributed by atoms with Crippen LogP contribution in [0.5, 0.6) is 0 Å². The van der Waals surface area contributed by atoms with Gasteiger partial charge in [0.2, 0.25) is 11.9 Å². The number of nitrogens with one attached hydrogen (secondary N) is 2. The Hall–Kier alpha value is -1.93. The van der Waals surface area contributed by atoms with E-state index in [9.17, 15) is 9.00 Å². The number of hydrogen-bond acceptors (Lipinski definition) is 4. The first-order valence-electron chi connectivity index (χ1n) is 8.06. The molecule has 1 heterocycles. The van der Waals surface area contributed by atoms with Crippen LogP contribution in [0.3, 0.4) is 0 Å². The molecule has 25 heavy (non-hydrogen) atoms. The molecule has 0 spiro atoms. The fraction of sp³-hybridized carbons (Fsp3) is 0.438. The van der Waals surface area contributed by atoms with Gasteiger partial charge < -0.3 is 5.32 Å². The largest absolute Gasteiger partial charge is 0.325 e. The molecule has 2 atom stereocenters. The number of halogens is 1. The molecule has 1 amide bonds. The molecule has 0 radical (unpaired) electrons. The fourth-order valence-electron chi connectivity index (χ4n) is 2.23. The van der Waals surface area contributed by atoms with Crippen LogP contribution in [0.4, 0.5) is 5.69 Å². The molecule has 2 rings (SSSR count). The van der Waals surface area contributed by atoms with Crippen LogP contribution in [0.15, 0.2) is 33.2 Å². The van der Waals surface area contributed by atoms with E-state index in [2.05, 4.69) is 27.1 Å². The maximum absolute atomic E-state index is 12.6. The molecule has 0 aliphatic carbocycles. The Bertz CT molecular complexity index is 722. The van der Waals surface area contributed by atoms with Gasteiger partial charge in [0.1, 0.15) is 0 Å². The van der Waals surface area contributed by atoms with Crippen molar-refractivity contribution in [1.82, 2.24) is 9.73 Å². The highest BCUT2D eigenvalue weighted by molar-refractivity contribution is 7.83. The molecule has 2 N–H and O–H groups in total. The molecule has 7 nitrogen and oxygen atoms in total. The van der Waals surface area contributed by atoms with E-state index in [0.717, 1.165) is 6.42 Å². The predicted molar refractivity (Wildman–Crippen MR) is 102 cm³/mol. The number of carbonyl (C=O) groups is 1. The number of benzene rings is 1. The van der Waals surface area contributed by atoms with Gasteiger partial charge in [-0.1, -0.05) is 18.5 Å². The van der Waals surface area contributed by atoms with Crippen LogP contribution in [0.1, 0.15) is 27.2 Å². The van der Waals surface area contributed by atoms with E-state index in [0.29, 0.717) is 40.6 Å². The van der Waals surface area contributed by atoms with Crippen molar-refractivity contribution in [3.05, 3.63) is 23.2 Å². The van der Waals surface area contributed by atoms with E-state index in [1.54, 1.807) is 23.2 Å². The fourth-order valence-corrected chi connectivity index (χ4v) is 3.39. The van der Waals surface area contributed by atoms with Gasteiger partial charge in [0.25, 0.3) is 0 Å². The second-order valence-electron chi connectivity index (χ2n) is 5.51. The average molecular weight is 384 g/mol. The summed E-state index contributed by atoms with van der Waals surface area (Å²) in [5, 5.41) is 8.99. The Morgan fingerprint density at radius 2 is 2.24 bits per heavy atom. The Balaban J connectivity index is 2.11. The summed E-state index contributed by atoms with van der Waals surface area (Å²) in [7, 11) is -1.55. The third kappa shape index (κ3) is 5.27. The molecule has 1 aromatic rings. The van der Waals surface area contributed by atoms with Crippen molar-refractivity contribution in [3.63, 3.8) is 0 Å². The van der Waals surface area contributed by atoms with Crippen molar-refractivity contribution in [2.24, 2.45) is 16.0 Å². The number of anilines is 1. The van der Waals surface area contributed by atoms with Crippen LogP contribution in [-0.2, 0) is 15.8 Å². The minimum Gasteiger partial charge on any atom is -0.325 e. The van der Waals surface area contributed by atoms with Crippen molar-refractivity contribution in [3.8, 4) is 0 Å². The van der Waals surface area contributed by atoms with Gasteiger partial charge in [0.15, 0.2) is 11.0 Å². The molecule has 2 unspecified atom stereocenters. The van der Waals surface area contributed by atoms with Gasteiger partial charge in [-0.2, -0.15) is 5.10 Å². The topological polar surface area (TPSA) is 86.2 Å². The molecule has 0 bridgehead atoms. The Morgan fingerprint density at radius 3 is 2.80 bits per heavy atom. The first-order valence-corrected chi connectivity index (χ1v) is 9.59. The predicted octanol–water partition coefficient (Wildman–Crippen LogP) is 2.61. The number of guanidine groups is 1. The van der Waals surface area contributed by atoms with Gasteiger partial charge in [0.05, 0.1) is 22.2 Å². The lowest BCUT2D eigenvalue weighted by molar-refractivity contribution is -0.114. The number of hydrogen-bond donors (Lipinski definition) is 2. The van der Waals surface area contributed by atoms with E-state index in [1.165, 1.54) is 6.92 Å². The molecule has 1 aliphatic rings. The highest BCUT2D eigenvalue weighted by atomic mass is 35.5. The summed E-state index contributed by atoms with van der Waals surface area (Å²) in [5.41, 5.74) is 0.479. The zero-order valence-electron chi connectivity index (χ0n) is 14.5. The van der Waals surface area contributed by atoms with Gasteiger partial charge in [-0.05, 0) is 31.5 Å². The molecular weight excluding hydrogens is 362 g/mol. The van der Waals surface area contributed by atoms with Gasteiger partial charge in [0, 0.05) is 25.6 Å². The lowest BCUT2D eigenvalue weighted by Gasteiger charge is -2.19. The van der Waals surface area contributed by atoms with Crippen molar-refractivity contribution in [2.75, 3.05) is 18.4 Å². The second-order valence-corrected chi connectivity index (χ2v) is 7.13. The number of carbonyl (C=O) groups excluding carboxylic acids is 1. The minimum absolute atomic E-state index is 0.219. The zero-order chi connectivity index (χ0) is 18.4. The molecule has 0 fully saturated rings. The standard InChI is InChI=1S/C16H22ClN5O2S/c1-4-12-9-19-22(10-12)16(18-5-2)21-25(24)13-6-7-15(14(17)8-13)20-11(3)23/h6-9,12H,4-5,10H2,1-3H3,(H,18,21)(H,20,23). The third-order valence-electron chi connectivity index (χ3n) is 3.55. The monoisotopic (exact) mass is 383 g/mol. The summed E-state index contributed by atoms with van der Waals surface area (Å²) in [6.07, 6.45) is 2.87. The molecule has 0 saturated heterocycles. The summed E-state index contributed by atoms with van der Waals surface area (Å²) in [5.74, 6) is 0.613. The first kappa shape index (κ1) is 19.4. The SMILES string of the molecule is CCN=C(NS(=O)c1ccc(NC(C)=O)c(Cl)c1)N1CC(CC)C=N1. The Morgan fingerprint density at radius 1 is 1.48 bits per heavy atom. The lowest BCUT2D eigenvalue weighted by Crippen LogP contribution is -2.39. The van der Waals surface area contributed by atoms with E-state index >= 15 is 0 Å².